The number of nitrogens with zero attached hydrogens (tertiary/aromatic N) is 2. The molecule has 1 heterocycles. The molecule has 0 aliphatic carbocycles. The van der Waals surface area contributed by atoms with Crippen LogP contribution in [0.5, 0.6) is 11.5 Å². The van der Waals surface area contributed by atoms with Crippen molar-refractivity contribution in [3.63, 3.8) is 0 Å². The number of carbonyl (C=O) groups excluding carboxylic acids is 1. The van der Waals surface area contributed by atoms with Crippen molar-refractivity contribution in [1.29, 1.82) is 0 Å². The standard InChI is InChI=1S/C14H13ClN2O4/c1-19-8-4-5-11(20-2)9(6-8)13-16-7-10(12(15)17-13)14(18)21-3/h4-7H,1-3H3. The van der Waals surface area contributed by atoms with Crippen LogP contribution in [0.2, 0.25) is 5.15 Å². The van der Waals surface area contributed by atoms with Gasteiger partial charge in [0.2, 0.25) is 0 Å². The lowest BCUT2D eigenvalue weighted by Crippen LogP contribution is -2.05. The first-order valence-electron chi connectivity index (χ1n) is 5.94. The van der Waals surface area contributed by atoms with E-state index < -0.39 is 5.97 Å². The molecule has 0 bridgehead atoms. The fraction of sp³-hybridized carbons (Fsp3) is 0.214. The number of methoxy groups -OCH3 is 3. The van der Waals surface area contributed by atoms with Gasteiger partial charge in [-0.15, -0.1) is 0 Å². The lowest BCUT2D eigenvalue weighted by Gasteiger charge is -2.10. The van der Waals surface area contributed by atoms with Crippen molar-refractivity contribution in [2.75, 3.05) is 21.3 Å². The topological polar surface area (TPSA) is 70.5 Å². The molecule has 0 saturated heterocycles. The normalized spacial score (nSPS) is 10.1. The number of carbonyl (C=O) groups is 1. The van der Waals surface area contributed by atoms with Crippen LogP contribution >= 0.6 is 11.6 Å². The van der Waals surface area contributed by atoms with E-state index in [1.54, 1.807) is 25.3 Å². The van der Waals surface area contributed by atoms with Gasteiger partial charge in [-0.1, -0.05) is 11.6 Å². The van der Waals surface area contributed by atoms with Crippen LogP contribution in [0, 0.1) is 0 Å². The average molecular weight is 309 g/mol. The number of aromatic nitrogens is 2. The van der Waals surface area contributed by atoms with E-state index >= 15 is 0 Å². The minimum absolute atomic E-state index is 0.0109. The van der Waals surface area contributed by atoms with Gasteiger partial charge in [0.05, 0.1) is 26.9 Å². The van der Waals surface area contributed by atoms with E-state index in [0.717, 1.165) is 0 Å². The summed E-state index contributed by atoms with van der Waals surface area (Å²) < 4.78 is 15.0. The molecule has 0 saturated carbocycles. The fourth-order valence-electron chi connectivity index (χ4n) is 1.73. The first-order chi connectivity index (χ1) is 10.1. The number of ether oxygens (including phenoxy) is 3. The first-order valence-corrected chi connectivity index (χ1v) is 6.31. The van der Waals surface area contributed by atoms with Crippen molar-refractivity contribution >= 4 is 17.6 Å². The number of hydrogen-bond acceptors (Lipinski definition) is 6. The summed E-state index contributed by atoms with van der Waals surface area (Å²) in [6.07, 6.45) is 1.31. The van der Waals surface area contributed by atoms with E-state index in [-0.39, 0.29) is 10.7 Å². The van der Waals surface area contributed by atoms with Crippen LogP contribution in [0.4, 0.5) is 0 Å². The van der Waals surface area contributed by atoms with Crippen LogP contribution < -0.4 is 9.47 Å². The van der Waals surface area contributed by atoms with Crippen LogP contribution in [0.1, 0.15) is 10.4 Å². The third kappa shape index (κ3) is 3.05. The summed E-state index contributed by atoms with van der Waals surface area (Å²) in [5.41, 5.74) is 0.708. The van der Waals surface area contributed by atoms with Crippen molar-refractivity contribution in [2.45, 2.75) is 0 Å². The van der Waals surface area contributed by atoms with Crippen LogP contribution in [0.15, 0.2) is 24.4 Å². The Labute approximate surface area is 126 Å². The highest BCUT2D eigenvalue weighted by atomic mass is 35.5. The maximum atomic E-state index is 11.5. The molecule has 0 aliphatic heterocycles. The van der Waals surface area contributed by atoms with Crippen molar-refractivity contribution in [3.8, 4) is 22.9 Å². The molecular weight excluding hydrogens is 296 g/mol. The molecule has 0 N–H and O–H groups in total. The second-order valence-corrected chi connectivity index (χ2v) is 4.31. The van der Waals surface area contributed by atoms with E-state index in [1.165, 1.54) is 20.4 Å². The Balaban J connectivity index is 2.52. The van der Waals surface area contributed by atoms with Crippen molar-refractivity contribution < 1.29 is 19.0 Å². The van der Waals surface area contributed by atoms with E-state index in [0.29, 0.717) is 22.9 Å². The second-order valence-electron chi connectivity index (χ2n) is 3.96. The van der Waals surface area contributed by atoms with E-state index in [1.807, 2.05) is 0 Å². The van der Waals surface area contributed by atoms with Gasteiger partial charge in [0.1, 0.15) is 22.2 Å². The van der Waals surface area contributed by atoms with Gasteiger partial charge in [-0.05, 0) is 18.2 Å². The Bertz CT molecular complexity index is 676. The molecule has 7 heteroatoms. The zero-order chi connectivity index (χ0) is 15.4. The van der Waals surface area contributed by atoms with Gasteiger partial charge in [0, 0.05) is 6.20 Å². The van der Waals surface area contributed by atoms with Gasteiger partial charge in [0.25, 0.3) is 0 Å². The Morgan fingerprint density at radius 2 is 1.95 bits per heavy atom. The lowest BCUT2D eigenvalue weighted by atomic mass is 10.1. The first kappa shape index (κ1) is 15.1. The largest absolute Gasteiger partial charge is 0.497 e. The van der Waals surface area contributed by atoms with Crippen molar-refractivity contribution in [3.05, 3.63) is 35.1 Å². The van der Waals surface area contributed by atoms with Crippen LogP contribution in [0.3, 0.4) is 0 Å². The fourth-order valence-corrected chi connectivity index (χ4v) is 1.93. The SMILES string of the molecule is COC(=O)c1cnc(-c2cc(OC)ccc2OC)nc1Cl. The van der Waals surface area contributed by atoms with Gasteiger partial charge >= 0.3 is 5.97 Å². The minimum Gasteiger partial charge on any atom is -0.497 e. The maximum Gasteiger partial charge on any atom is 0.342 e. The van der Waals surface area contributed by atoms with Crippen LogP contribution in [0.25, 0.3) is 11.4 Å². The number of halogens is 1. The predicted octanol–water partition coefficient (Wildman–Crippen LogP) is 2.60. The number of hydrogen-bond donors (Lipinski definition) is 0. The van der Waals surface area contributed by atoms with Crippen LogP contribution in [-0.4, -0.2) is 37.3 Å². The Morgan fingerprint density at radius 1 is 1.19 bits per heavy atom. The summed E-state index contributed by atoms with van der Waals surface area (Å²) in [6, 6.07) is 5.22. The van der Waals surface area contributed by atoms with Crippen LogP contribution in [-0.2, 0) is 4.74 Å². The summed E-state index contributed by atoms with van der Waals surface area (Å²) in [5, 5.41) is 0.0109. The highest BCUT2D eigenvalue weighted by Gasteiger charge is 2.16. The molecular formula is C14H13ClN2O4. The molecule has 0 amide bonds. The number of esters is 1. The molecule has 0 unspecified atom stereocenters. The molecule has 0 fully saturated rings. The highest BCUT2D eigenvalue weighted by molar-refractivity contribution is 6.32. The molecule has 2 aromatic rings. The summed E-state index contributed by atoms with van der Waals surface area (Å²) in [5.74, 6) is 0.924. The Hall–Kier alpha value is -2.34. The molecule has 0 aliphatic rings. The third-order valence-electron chi connectivity index (χ3n) is 2.80. The zero-order valence-corrected chi connectivity index (χ0v) is 12.5. The minimum atomic E-state index is -0.593. The predicted molar refractivity (Wildman–Crippen MR) is 76.9 cm³/mol. The lowest BCUT2D eigenvalue weighted by molar-refractivity contribution is 0.0600. The molecule has 0 spiro atoms. The quantitative estimate of drug-likeness (QED) is 0.638. The maximum absolute atomic E-state index is 11.5. The van der Waals surface area contributed by atoms with Crippen molar-refractivity contribution in [1.82, 2.24) is 9.97 Å². The van der Waals surface area contributed by atoms with E-state index in [9.17, 15) is 4.79 Å². The molecule has 0 atom stereocenters. The number of benzene rings is 1. The molecule has 21 heavy (non-hydrogen) atoms. The smallest absolute Gasteiger partial charge is 0.342 e. The molecule has 1 aromatic carbocycles. The summed E-state index contributed by atoms with van der Waals surface area (Å²) in [4.78, 5) is 19.7. The molecule has 0 radical (unpaired) electrons. The zero-order valence-electron chi connectivity index (χ0n) is 11.7. The third-order valence-corrected chi connectivity index (χ3v) is 3.08. The van der Waals surface area contributed by atoms with Gasteiger partial charge < -0.3 is 14.2 Å². The van der Waals surface area contributed by atoms with Crippen molar-refractivity contribution in [2.24, 2.45) is 0 Å². The average Bonchev–Trinajstić information content (AvgIpc) is 2.53. The van der Waals surface area contributed by atoms with Gasteiger partial charge in [-0.3, -0.25) is 0 Å². The van der Waals surface area contributed by atoms with E-state index in [4.69, 9.17) is 21.1 Å². The molecule has 110 valence electrons. The molecule has 2 rings (SSSR count). The monoisotopic (exact) mass is 308 g/mol. The summed E-state index contributed by atoms with van der Waals surface area (Å²) in [7, 11) is 4.35. The summed E-state index contributed by atoms with van der Waals surface area (Å²) in [6.45, 7) is 0. The van der Waals surface area contributed by atoms with E-state index in [2.05, 4.69) is 14.7 Å². The second kappa shape index (κ2) is 6.41. The molecule has 6 nitrogen and oxygen atoms in total. The highest BCUT2D eigenvalue weighted by Crippen LogP contribution is 2.32. The van der Waals surface area contributed by atoms with Gasteiger partial charge in [-0.25, -0.2) is 14.8 Å². The Morgan fingerprint density at radius 3 is 2.52 bits per heavy atom. The number of rotatable bonds is 4. The Kier molecular flexibility index (Phi) is 4.59. The molecule has 1 aromatic heterocycles. The van der Waals surface area contributed by atoms with Gasteiger partial charge in [0.15, 0.2) is 5.82 Å². The summed E-state index contributed by atoms with van der Waals surface area (Å²) >= 11 is 6.00. The van der Waals surface area contributed by atoms with Gasteiger partial charge in [-0.2, -0.15) is 0 Å².